The maximum atomic E-state index is 6.04. The van der Waals surface area contributed by atoms with Gasteiger partial charge in [-0.1, -0.05) is 51.6 Å². The van der Waals surface area contributed by atoms with Crippen LogP contribution in [0, 0.1) is 0 Å². The number of hydrogen-bond acceptors (Lipinski definition) is 5. The van der Waals surface area contributed by atoms with E-state index in [9.17, 15) is 0 Å². The highest BCUT2D eigenvalue weighted by molar-refractivity contribution is 5.49. The second-order valence-electron chi connectivity index (χ2n) is 5.63. The third kappa shape index (κ3) is 2.83. The molecule has 2 N–H and O–H groups in total. The summed E-state index contributed by atoms with van der Waals surface area (Å²) >= 11 is 0. The number of imidazole rings is 1. The molecule has 0 radical (unpaired) electrons. The van der Waals surface area contributed by atoms with Crippen molar-refractivity contribution in [1.82, 2.24) is 24.8 Å². The summed E-state index contributed by atoms with van der Waals surface area (Å²) in [4.78, 5) is 4.25. The van der Waals surface area contributed by atoms with Gasteiger partial charge in [0.2, 0.25) is 0 Å². The third-order valence-corrected chi connectivity index (χ3v) is 3.57. The van der Waals surface area contributed by atoms with E-state index in [-0.39, 0.29) is 5.41 Å². The predicted octanol–water partition coefficient (Wildman–Crippen LogP) is 2.35. The van der Waals surface area contributed by atoms with Crippen LogP contribution in [0.3, 0.4) is 0 Å². The highest BCUT2D eigenvalue weighted by Gasteiger charge is 2.28. The summed E-state index contributed by atoms with van der Waals surface area (Å²) in [6, 6.07) is 0. The van der Waals surface area contributed by atoms with Gasteiger partial charge >= 0.3 is 0 Å². The Morgan fingerprint density at radius 1 is 1.26 bits per heavy atom. The summed E-state index contributed by atoms with van der Waals surface area (Å²) in [7, 11) is 0. The molecule has 0 atom stereocenters. The number of fused-ring (bicyclic) bond motifs is 1. The van der Waals surface area contributed by atoms with Gasteiger partial charge in [-0.2, -0.15) is 4.98 Å². The van der Waals surface area contributed by atoms with Gasteiger partial charge < -0.3 is 5.73 Å². The fourth-order valence-corrected chi connectivity index (χ4v) is 2.54. The standard InChI is InChI=1S/C13H22N6/c1-4-5-6-7-8-13(2,3)10-11(14)16-12-17-18-15-9-19(10)12/h9H,4-8,14H2,1-3H3. The number of unbranched alkanes of at least 4 members (excludes halogenated alkanes) is 3. The number of rotatable bonds is 6. The summed E-state index contributed by atoms with van der Waals surface area (Å²) in [5, 5.41) is 11.3. The van der Waals surface area contributed by atoms with Crippen LogP contribution in [-0.4, -0.2) is 24.8 Å². The Morgan fingerprint density at radius 3 is 2.79 bits per heavy atom. The first-order chi connectivity index (χ1) is 9.06. The van der Waals surface area contributed by atoms with Crippen molar-refractivity contribution in [3.8, 4) is 0 Å². The molecule has 0 unspecified atom stereocenters. The monoisotopic (exact) mass is 262 g/mol. The van der Waals surface area contributed by atoms with Crippen molar-refractivity contribution in [3.63, 3.8) is 0 Å². The average molecular weight is 262 g/mol. The van der Waals surface area contributed by atoms with E-state index in [0.29, 0.717) is 11.6 Å². The molecule has 0 bridgehead atoms. The first-order valence-electron chi connectivity index (χ1n) is 6.88. The van der Waals surface area contributed by atoms with Gasteiger partial charge in [0.15, 0.2) is 0 Å². The number of hydrogen-bond donors (Lipinski definition) is 1. The van der Waals surface area contributed by atoms with Gasteiger partial charge in [-0.15, -0.1) is 5.10 Å². The molecule has 0 aromatic carbocycles. The number of aromatic nitrogens is 5. The first kappa shape index (κ1) is 13.7. The van der Waals surface area contributed by atoms with Crippen molar-refractivity contribution in [2.45, 2.75) is 58.3 Å². The van der Waals surface area contributed by atoms with Gasteiger partial charge in [-0.05, 0) is 11.6 Å². The molecule has 0 amide bonds. The molecule has 2 aromatic rings. The van der Waals surface area contributed by atoms with Crippen molar-refractivity contribution in [2.75, 3.05) is 5.73 Å². The molecule has 0 saturated carbocycles. The molecule has 0 spiro atoms. The Labute approximate surface area is 113 Å². The highest BCUT2D eigenvalue weighted by atomic mass is 15.4. The van der Waals surface area contributed by atoms with E-state index in [1.54, 1.807) is 6.33 Å². The fourth-order valence-electron chi connectivity index (χ4n) is 2.54. The van der Waals surface area contributed by atoms with Crippen LogP contribution in [0.4, 0.5) is 5.82 Å². The molecule has 6 nitrogen and oxygen atoms in total. The molecule has 0 fully saturated rings. The zero-order valence-corrected chi connectivity index (χ0v) is 11.9. The number of nitrogen functional groups attached to an aromatic ring is 1. The minimum absolute atomic E-state index is 0.0397. The van der Waals surface area contributed by atoms with Gasteiger partial charge in [-0.3, -0.25) is 4.40 Å². The second-order valence-corrected chi connectivity index (χ2v) is 5.63. The van der Waals surface area contributed by atoms with Crippen molar-refractivity contribution in [2.24, 2.45) is 0 Å². The lowest BCUT2D eigenvalue weighted by Gasteiger charge is -2.24. The molecule has 2 aromatic heterocycles. The minimum atomic E-state index is -0.0397. The average Bonchev–Trinajstić information content (AvgIpc) is 2.71. The molecule has 2 heterocycles. The molecule has 0 aliphatic carbocycles. The molecule has 19 heavy (non-hydrogen) atoms. The van der Waals surface area contributed by atoms with Gasteiger partial charge in [0.1, 0.15) is 12.1 Å². The Bertz CT molecular complexity index is 545. The smallest absolute Gasteiger partial charge is 0.258 e. The highest BCUT2D eigenvalue weighted by Crippen LogP contribution is 2.33. The first-order valence-corrected chi connectivity index (χ1v) is 6.88. The summed E-state index contributed by atoms with van der Waals surface area (Å²) in [6.45, 7) is 6.61. The molecular weight excluding hydrogens is 240 g/mol. The van der Waals surface area contributed by atoms with Crippen LogP contribution in [0.15, 0.2) is 6.33 Å². The molecule has 104 valence electrons. The quantitative estimate of drug-likeness (QED) is 0.808. The van der Waals surface area contributed by atoms with E-state index in [4.69, 9.17) is 5.73 Å². The lowest BCUT2D eigenvalue weighted by Crippen LogP contribution is -2.21. The van der Waals surface area contributed by atoms with Crippen LogP contribution >= 0.6 is 0 Å². The van der Waals surface area contributed by atoms with E-state index in [0.717, 1.165) is 12.1 Å². The molecule has 0 aliphatic heterocycles. The number of anilines is 1. The Hall–Kier alpha value is -1.72. The van der Waals surface area contributed by atoms with Crippen LogP contribution in [0.1, 0.15) is 58.6 Å². The van der Waals surface area contributed by atoms with Gasteiger partial charge in [-0.25, -0.2) is 0 Å². The molecule has 2 rings (SSSR count). The van der Waals surface area contributed by atoms with Crippen LogP contribution in [0.5, 0.6) is 0 Å². The Morgan fingerprint density at radius 2 is 2.05 bits per heavy atom. The van der Waals surface area contributed by atoms with Gasteiger partial charge in [0.05, 0.1) is 5.69 Å². The molecule has 0 saturated heterocycles. The zero-order chi connectivity index (χ0) is 13.9. The zero-order valence-electron chi connectivity index (χ0n) is 11.9. The van der Waals surface area contributed by atoms with E-state index in [1.165, 1.54) is 25.7 Å². The van der Waals surface area contributed by atoms with E-state index >= 15 is 0 Å². The lowest BCUT2D eigenvalue weighted by atomic mass is 9.83. The topological polar surface area (TPSA) is 82.0 Å². The van der Waals surface area contributed by atoms with E-state index in [1.807, 2.05) is 4.40 Å². The van der Waals surface area contributed by atoms with E-state index < -0.39 is 0 Å². The van der Waals surface area contributed by atoms with E-state index in [2.05, 4.69) is 41.2 Å². The number of nitrogens with two attached hydrogens (primary N) is 1. The SMILES string of the molecule is CCCCCCC(C)(C)c1c(N)nc2nnncn12. The van der Waals surface area contributed by atoms with Crippen molar-refractivity contribution in [3.05, 3.63) is 12.0 Å². The van der Waals surface area contributed by atoms with Crippen molar-refractivity contribution < 1.29 is 0 Å². The maximum Gasteiger partial charge on any atom is 0.258 e. The van der Waals surface area contributed by atoms with Crippen LogP contribution in [0.25, 0.3) is 5.78 Å². The van der Waals surface area contributed by atoms with Crippen LogP contribution < -0.4 is 5.73 Å². The summed E-state index contributed by atoms with van der Waals surface area (Å²) in [5.41, 5.74) is 6.99. The van der Waals surface area contributed by atoms with Crippen molar-refractivity contribution >= 4 is 11.6 Å². The maximum absolute atomic E-state index is 6.04. The fraction of sp³-hybridized carbons (Fsp3) is 0.692. The molecule has 6 heteroatoms. The van der Waals surface area contributed by atoms with Crippen molar-refractivity contribution in [1.29, 1.82) is 0 Å². The second kappa shape index (κ2) is 5.50. The third-order valence-electron chi connectivity index (χ3n) is 3.57. The Kier molecular flexibility index (Phi) is 3.97. The summed E-state index contributed by atoms with van der Waals surface area (Å²) < 4.78 is 1.85. The summed E-state index contributed by atoms with van der Waals surface area (Å²) in [5.74, 6) is 1.05. The normalized spacial score (nSPS) is 12.2. The van der Waals surface area contributed by atoms with Crippen LogP contribution in [-0.2, 0) is 5.41 Å². The molecular formula is C13H22N6. The Balaban J connectivity index is 2.24. The predicted molar refractivity (Wildman–Crippen MR) is 74.8 cm³/mol. The van der Waals surface area contributed by atoms with Gasteiger partial charge in [0, 0.05) is 5.41 Å². The molecule has 0 aliphatic rings. The number of nitrogens with zero attached hydrogens (tertiary/aromatic N) is 5. The summed E-state index contributed by atoms with van der Waals surface area (Å²) in [6.07, 6.45) is 7.69. The van der Waals surface area contributed by atoms with Gasteiger partial charge in [0.25, 0.3) is 5.78 Å². The lowest BCUT2D eigenvalue weighted by molar-refractivity contribution is 0.433. The largest absolute Gasteiger partial charge is 0.382 e. The van der Waals surface area contributed by atoms with Crippen LogP contribution in [0.2, 0.25) is 0 Å². The minimum Gasteiger partial charge on any atom is -0.382 e.